The number of carbonyl (C=O) groups is 1. The van der Waals surface area contributed by atoms with Gasteiger partial charge in [0.2, 0.25) is 5.69 Å². The first-order chi connectivity index (χ1) is 19.0. The number of anilines is 1. The van der Waals surface area contributed by atoms with Crippen molar-refractivity contribution in [3.8, 4) is 28.5 Å². The largest absolute Gasteiger partial charge is 0.497 e. The highest BCUT2D eigenvalue weighted by molar-refractivity contribution is 5.89. The van der Waals surface area contributed by atoms with Crippen LogP contribution in [-0.2, 0) is 11.3 Å². The molecule has 0 aliphatic carbocycles. The molecule has 5 rings (SSSR count). The molecule has 1 fully saturated rings. The number of nitrogens with zero attached hydrogens (tertiary/aromatic N) is 5. The number of hydrogen-bond acceptors (Lipinski definition) is 8. The number of carbonyl (C=O) groups excluding carboxylic acids is 1. The summed E-state index contributed by atoms with van der Waals surface area (Å²) in [4.78, 5) is 17.4. The molecule has 0 bridgehead atoms. The van der Waals surface area contributed by atoms with Gasteiger partial charge in [0.15, 0.2) is 0 Å². The number of ether oxygens (including phenoxy) is 3. The third-order valence-corrected chi connectivity index (χ3v) is 6.77. The molecule has 0 N–H and O–H groups in total. The van der Waals surface area contributed by atoms with Crippen LogP contribution < -0.4 is 14.4 Å². The van der Waals surface area contributed by atoms with Gasteiger partial charge in [0, 0.05) is 31.9 Å². The molecule has 4 aromatic rings. The van der Waals surface area contributed by atoms with Gasteiger partial charge >= 0.3 is 5.97 Å². The second-order valence-corrected chi connectivity index (χ2v) is 9.44. The summed E-state index contributed by atoms with van der Waals surface area (Å²) in [6.07, 6.45) is 0. The third-order valence-electron chi connectivity index (χ3n) is 6.77. The maximum atomic E-state index is 12.6. The molecular weight excluding hydrogens is 494 g/mol. The molecule has 202 valence electrons. The number of likely N-dealkylation sites (N-methyl/N-ethyl adjacent to an activating group) is 1. The summed E-state index contributed by atoms with van der Waals surface area (Å²) in [5.74, 6) is 0.980. The number of aromatic nitrogens is 3. The molecule has 9 nitrogen and oxygen atoms in total. The highest BCUT2D eigenvalue weighted by Gasteiger charge is 2.24. The van der Waals surface area contributed by atoms with E-state index in [-0.39, 0.29) is 18.2 Å². The second-order valence-electron chi connectivity index (χ2n) is 9.44. The van der Waals surface area contributed by atoms with E-state index in [2.05, 4.69) is 51.4 Å². The van der Waals surface area contributed by atoms with Crippen molar-refractivity contribution in [2.24, 2.45) is 0 Å². The lowest BCUT2D eigenvalue weighted by Crippen LogP contribution is -2.44. The first-order valence-electron chi connectivity index (χ1n) is 13.1. The highest BCUT2D eigenvalue weighted by Crippen LogP contribution is 2.30. The average Bonchev–Trinajstić information content (AvgIpc) is 3.36. The van der Waals surface area contributed by atoms with Crippen LogP contribution >= 0.6 is 0 Å². The second kappa shape index (κ2) is 12.0. The minimum atomic E-state index is -0.578. The van der Waals surface area contributed by atoms with Gasteiger partial charge < -0.3 is 24.0 Å². The SMILES string of the molecule is CCOC(=O)c1nnn(Cc2ccc(OC)cc2)c1Oc1ccc(-c2cccc(N3CCN(C)CC3)c2)cc1. The fraction of sp³-hybridized carbons (Fsp3) is 0.300. The Morgan fingerprint density at radius 3 is 2.31 bits per heavy atom. The monoisotopic (exact) mass is 527 g/mol. The number of esters is 1. The van der Waals surface area contributed by atoms with E-state index < -0.39 is 5.97 Å². The Hall–Kier alpha value is -4.37. The summed E-state index contributed by atoms with van der Waals surface area (Å²) in [6, 6.07) is 24.0. The van der Waals surface area contributed by atoms with Crippen LogP contribution in [0.15, 0.2) is 72.8 Å². The summed E-state index contributed by atoms with van der Waals surface area (Å²) in [7, 11) is 3.79. The van der Waals surface area contributed by atoms with Gasteiger partial charge in [-0.3, -0.25) is 0 Å². The summed E-state index contributed by atoms with van der Waals surface area (Å²) in [5, 5.41) is 8.25. The first-order valence-corrected chi connectivity index (χ1v) is 13.1. The quantitative estimate of drug-likeness (QED) is 0.289. The number of hydrogen-bond donors (Lipinski definition) is 0. The van der Waals surface area contributed by atoms with Crippen LogP contribution in [0, 0.1) is 0 Å². The lowest BCUT2D eigenvalue weighted by atomic mass is 10.0. The number of piperazine rings is 1. The lowest BCUT2D eigenvalue weighted by Gasteiger charge is -2.34. The predicted octanol–water partition coefficient (Wildman–Crippen LogP) is 4.72. The normalized spacial score (nSPS) is 13.8. The summed E-state index contributed by atoms with van der Waals surface area (Å²) >= 11 is 0. The third kappa shape index (κ3) is 6.21. The van der Waals surface area contributed by atoms with E-state index in [4.69, 9.17) is 14.2 Å². The molecule has 0 radical (unpaired) electrons. The van der Waals surface area contributed by atoms with Crippen molar-refractivity contribution in [3.63, 3.8) is 0 Å². The maximum absolute atomic E-state index is 12.6. The Morgan fingerprint density at radius 2 is 1.62 bits per heavy atom. The molecule has 1 saturated heterocycles. The number of methoxy groups -OCH3 is 1. The standard InChI is InChI=1S/C30H33N5O4/c1-4-38-30(36)28-29(35(32-31-28)21-22-8-12-26(37-3)13-9-22)39-27-14-10-23(11-15-27)24-6-5-7-25(20-24)34-18-16-33(2)17-19-34/h5-15,20H,4,16-19,21H2,1-3H3. The van der Waals surface area contributed by atoms with Gasteiger partial charge in [0.1, 0.15) is 11.5 Å². The topological polar surface area (TPSA) is 81.9 Å². The summed E-state index contributed by atoms with van der Waals surface area (Å²) in [6.45, 7) is 6.51. The summed E-state index contributed by atoms with van der Waals surface area (Å²) < 4.78 is 18.2. The Bertz CT molecular complexity index is 1390. The fourth-order valence-corrected chi connectivity index (χ4v) is 4.51. The van der Waals surface area contributed by atoms with Gasteiger partial charge in [-0.05, 0) is 67.1 Å². The van der Waals surface area contributed by atoms with Crippen molar-refractivity contribution in [2.45, 2.75) is 13.5 Å². The minimum absolute atomic E-state index is 0.0364. The highest BCUT2D eigenvalue weighted by atomic mass is 16.5. The smallest absolute Gasteiger partial charge is 0.364 e. The zero-order valence-corrected chi connectivity index (χ0v) is 22.5. The van der Waals surface area contributed by atoms with Gasteiger partial charge in [-0.2, -0.15) is 0 Å². The molecule has 0 unspecified atom stereocenters. The first kappa shape index (κ1) is 26.2. The van der Waals surface area contributed by atoms with E-state index in [1.54, 1.807) is 18.7 Å². The van der Waals surface area contributed by atoms with Crippen LogP contribution in [0.25, 0.3) is 11.1 Å². The van der Waals surface area contributed by atoms with E-state index in [1.165, 1.54) is 5.69 Å². The number of rotatable bonds is 9. The van der Waals surface area contributed by atoms with Gasteiger partial charge in [0.05, 0.1) is 20.3 Å². The van der Waals surface area contributed by atoms with E-state index in [0.717, 1.165) is 48.6 Å². The molecule has 1 aliphatic heterocycles. The predicted molar refractivity (Wildman–Crippen MR) is 150 cm³/mol. The van der Waals surface area contributed by atoms with E-state index in [9.17, 15) is 4.79 Å². The van der Waals surface area contributed by atoms with E-state index in [0.29, 0.717) is 12.3 Å². The molecule has 0 spiro atoms. The van der Waals surface area contributed by atoms with Crippen molar-refractivity contribution >= 4 is 11.7 Å². The Balaban J connectivity index is 1.36. The van der Waals surface area contributed by atoms with Crippen LogP contribution in [0.2, 0.25) is 0 Å². The van der Waals surface area contributed by atoms with E-state index >= 15 is 0 Å². The minimum Gasteiger partial charge on any atom is -0.497 e. The fourth-order valence-electron chi connectivity index (χ4n) is 4.51. The van der Waals surface area contributed by atoms with Crippen LogP contribution in [0.3, 0.4) is 0 Å². The Labute approximate surface area is 228 Å². The molecule has 1 aliphatic rings. The van der Waals surface area contributed by atoms with Gasteiger partial charge in [-0.15, -0.1) is 5.10 Å². The van der Waals surface area contributed by atoms with Crippen molar-refractivity contribution < 1.29 is 19.0 Å². The zero-order chi connectivity index (χ0) is 27.2. The van der Waals surface area contributed by atoms with Gasteiger partial charge in [-0.1, -0.05) is 41.6 Å². The van der Waals surface area contributed by atoms with Crippen LogP contribution in [-0.4, -0.2) is 72.8 Å². The van der Waals surface area contributed by atoms with Crippen molar-refractivity contribution in [1.29, 1.82) is 0 Å². The maximum Gasteiger partial charge on any atom is 0.364 e. The Morgan fingerprint density at radius 1 is 0.897 bits per heavy atom. The summed E-state index contributed by atoms with van der Waals surface area (Å²) in [5.41, 5.74) is 4.43. The number of benzene rings is 3. The molecule has 39 heavy (non-hydrogen) atoms. The van der Waals surface area contributed by atoms with Crippen LogP contribution in [0.4, 0.5) is 5.69 Å². The molecule has 9 heteroatoms. The van der Waals surface area contributed by atoms with Crippen molar-refractivity contribution in [1.82, 2.24) is 19.9 Å². The molecule has 0 atom stereocenters. The zero-order valence-electron chi connectivity index (χ0n) is 22.5. The molecule has 0 amide bonds. The molecular formula is C30H33N5O4. The molecule has 1 aromatic heterocycles. The molecule has 0 saturated carbocycles. The van der Waals surface area contributed by atoms with Crippen LogP contribution in [0.5, 0.6) is 17.4 Å². The van der Waals surface area contributed by atoms with Crippen molar-refractivity contribution in [3.05, 3.63) is 84.1 Å². The van der Waals surface area contributed by atoms with Crippen molar-refractivity contribution in [2.75, 3.05) is 51.8 Å². The Kier molecular flexibility index (Phi) is 8.07. The average molecular weight is 528 g/mol. The van der Waals surface area contributed by atoms with Gasteiger partial charge in [-0.25, -0.2) is 9.48 Å². The lowest BCUT2D eigenvalue weighted by molar-refractivity contribution is 0.0516. The molecule has 3 aromatic carbocycles. The van der Waals surface area contributed by atoms with Crippen LogP contribution in [0.1, 0.15) is 23.0 Å². The molecule has 2 heterocycles. The van der Waals surface area contributed by atoms with E-state index in [1.807, 2.05) is 48.5 Å². The van der Waals surface area contributed by atoms with Gasteiger partial charge in [0.25, 0.3) is 5.88 Å².